The summed E-state index contributed by atoms with van der Waals surface area (Å²) in [6, 6.07) is 0. The minimum atomic E-state index is -2.00. The molecule has 1 unspecified atom stereocenters. The molecule has 0 aliphatic heterocycles. The number of aliphatic hydroxyl groups excluding tert-OH is 2. The summed E-state index contributed by atoms with van der Waals surface area (Å²) in [5, 5.41) is 30.4. The molecule has 34 heavy (non-hydrogen) atoms. The Bertz CT molecular complexity index is 650. The van der Waals surface area contributed by atoms with Gasteiger partial charge in [0.2, 0.25) is 0 Å². The summed E-state index contributed by atoms with van der Waals surface area (Å²) in [4.78, 5) is 10.7. The van der Waals surface area contributed by atoms with Gasteiger partial charge in [-0.25, -0.2) is 0 Å². The van der Waals surface area contributed by atoms with Crippen LogP contribution in [0.3, 0.4) is 0 Å². The third-order valence-corrected chi connectivity index (χ3v) is 12.1. The summed E-state index contributed by atoms with van der Waals surface area (Å²) in [6.45, 7) is 15.6. The second-order valence-corrected chi connectivity index (χ2v) is 16.8. The maximum Gasteiger partial charge on any atom is 0.303 e. The third kappa shape index (κ3) is 11.2. The van der Waals surface area contributed by atoms with Crippen molar-refractivity contribution >= 4 is 14.3 Å². The highest BCUT2D eigenvalue weighted by Gasteiger charge is 2.46. The van der Waals surface area contributed by atoms with Gasteiger partial charge in [-0.05, 0) is 62.1 Å². The van der Waals surface area contributed by atoms with Crippen LogP contribution in [0.4, 0.5) is 0 Å². The highest BCUT2D eigenvalue weighted by atomic mass is 28.4. The zero-order valence-electron chi connectivity index (χ0n) is 22.8. The summed E-state index contributed by atoms with van der Waals surface area (Å²) >= 11 is 0. The van der Waals surface area contributed by atoms with Gasteiger partial charge in [-0.1, -0.05) is 78.2 Å². The molecule has 0 bridgehead atoms. The van der Waals surface area contributed by atoms with Crippen LogP contribution < -0.4 is 0 Å². The third-order valence-electron chi connectivity index (χ3n) is 7.57. The first kappa shape index (κ1) is 31.1. The largest absolute Gasteiger partial charge is 0.481 e. The van der Waals surface area contributed by atoms with Crippen molar-refractivity contribution < 1.29 is 24.5 Å². The van der Waals surface area contributed by atoms with Gasteiger partial charge >= 0.3 is 5.97 Å². The molecule has 0 aromatic rings. The lowest BCUT2D eigenvalue weighted by Crippen LogP contribution is -2.45. The molecule has 0 heterocycles. The highest BCUT2D eigenvalue weighted by molar-refractivity contribution is 6.74. The Hall–Kier alpha value is -0.953. The maximum atomic E-state index is 10.9. The first-order valence-corrected chi connectivity index (χ1v) is 16.2. The van der Waals surface area contributed by atoms with Crippen LogP contribution in [-0.2, 0) is 9.22 Å². The van der Waals surface area contributed by atoms with Gasteiger partial charge in [0.1, 0.15) is 0 Å². The lowest BCUT2D eigenvalue weighted by atomic mass is 9.89. The van der Waals surface area contributed by atoms with Crippen LogP contribution in [0.2, 0.25) is 18.1 Å². The molecule has 0 aromatic carbocycles. The fraction of sp³-hybridized carbons (Fsp3) is 0.821. The minimum Gasteiger partial charge on any atom is -0.481 e. The van der Waals surface area contributed by atoms with Gasteiger partial charge in [-0.15, -0.1) is 0 Å². The maximum absolute atomic E-state index is 10.9. The summed E-state index contributed by atoms with van der Waals surface area (Å²) in [6.07, 6.45) is 14.1. The molecule has 1 fully saturated rings. The molecule has 1 saturated carbocycles. The van der Waals surface area contributed by atoms with Crippen LogP contribution in [0, 0.1) is 17.8 Å². The van der Waals surface area contributed by atoms with Gasteiger partial charge in [0.15, 0.2) is 8.32 Å². The Balaban J connectivity index is 2.86. The number of rotatable bonds is 15. The standard InChI is InChI=1S/C28H52O5Si/c1-21(2)14-12-13-15-22(29)18-19-24-23(16-10-8-9-11-17-27(31)32)25(30)20-26(24)33-34(6,7)28(3,4)5/h8,10,18-19,21-26,29-30H,9,11-17,20H2,1-7H3,(H,31,32)/b10-8-,19-18+/t22?,23-,24-,25+,26-/m1/s1. The Labute approximate surface area is 209 Å². The molecule has 1 aliphatic rings. The van der Waals surface area contributed by atoms with Crippen molar-refractivity contribution in [2.24, 2.45) is 17.8 Å². The summed E-state index contributed by atoms with van der Waals surface area (Å²) in [7, 11) is -2.00. The molecule has 3 N–H and O–H groups in total. The Morgan fingerprint density at radius 1 is 1.12 bits per heavy atom. The molecular weight excluding hydrogens is 444 g/mol. The van der Waals surface area contributed by atoms with E-state index in [1.165, 1.54) is 6.42 Å². The van der Waals surface area contributed by atoms with E-state index >= 15 is 0 Å². The zero-order valence-corrected chi connectivity index (χ0v) is 23.8. The second-order valence-electron chi connectivity index (χ2n) is 12.1. The number of hydrogen-bond donors (Lipinski definition) is 3. The molecule has 0 saturated heterocycles. The fourth-order valence-electron chi connectivity index (χ4n) is 4.37. The van der Waals surface area contributed by atoms with Crippen LogP contribution in [0.25, 0.3) is 0 Å². The van der Waals surface area contributed by atoms with Gasteiger partial charge in [0.05, 0.1) is 18.3 Å². The van der Waals surface area contributed by atoms with E-state index in [-0.39, 0.29) is 29.4 Å². The lowest BCUT2D eigenvalue weighted by Gasteiger charge is -2.40. The number of hydrogen-bond acceptors (Lipinski definition) is 4. The molecule has 6 heteroatoms. The van der Waals surface area contributed by atoms with Crippen molar-refractivity contribution in [3.05, 3.63) is 24.3 Å². The fourth-order valence-corrected chi connectivity index (χ4v) is 5.73. The van der Waals surface area contributed by atoms with Crippen LogP contribution in [0.5, 0.6) is 0 Å². The van der Waals surface area contributed by atoms with Gasteiger partial charge in [0, 0.05) is 12.3 Å². The van der Waals surface area contributed by atoms with Gasteiger partial charge in [-0.2, -0.15) is 0 Å². The highest BCUT2D eigenvalue weighted by Crippen LogP contribution is 2.44. The Morgan fingerprint density at radius 2 is 1.76 bits per heavy atom. The van der Waals surface area contributed by atoms with Crippen molar-refractivity contribution in [1.29, 1.82) is 0 Å². The van der Waals surface area contributed by atoms with Crippen LogP contribution >= 0.6 is 0 Å². The van der Waals surface area contributed by atoms with E-state index in [0.29, 0.717) is 18.8 Å². The van der Waals surface area contributed by atoms with Gasteiger partial charge in [-0.3, -0.25) is 4.79 Å². The van der Waals surface area contributed by atoms with Gasteiger partial charge < -0.3 is 19.7 Å². The molecular formula is C28H52O5Si. The van der Waals surface area contributed by atoms with Crippen LogP contribution in [0.1, 0.15) is 92.4 Å². The van der Waals surface area contributed by atoms with E-state index in [9.17, 15) is 15.0 Å². The number of aliphatic hydroxyl groups is 2. The Morgan fingerprint density at radius 3 is 2.35 bits per heavy atom. The lowest BCUT2D eigenvalue weighted by molar-refractivity contribution is -0.137. The number of carbonyl (C=O) groups is 1. The monoisotopic (exact) mass is 496 g/mol. The van der Waals surface area contributed by atoms with E-state index in [1.807, 2.05) is 12.2 Å². The molecule has 0 amide bonds. The first-order valence-electron chi connectivity index (χ1n) is 13.3. The summed E-state index contributed by atoms with van der Waals surface area (Å²) < 4.78 is 6.76. The molecule has 198 valence electrons. The van der Waals surface area contributed by atoms with Crippen molar-refractivity contribution in [3.63, 3.8) is 0 Å². The number of carboxylic acids is 1. The van der Waals surface area contributed by atoms with Crippen LogP contribution in [0.15, 0.2) is 24.3 Å². The second kappa shape index (κ2) is 14.6. The molecule has 5 nitrogen and oxygen atoms in total. The summed E-state index contributed by atoms with van der Waals surface area (Å²) in [5.74, 6) is 0.0186. The van der Waals surface area contributed by atoms with Crippen molar-refractivity contribution in [2.75, 3.05) is 0 Å². The minimum absolute atomic E-state index is 0.0369. The Kier molecular flexibility index (Phi) is 13.3. The van der Waals surface area contributed by atoms with Crippen LogP contribution in [-0.4, -0.2) is 47.9 Å². The normalized spacial score (nSPS) is 25.1. The van der Waals surface area contributed by atoms with Gasteiger partial charge in [0.25, 0.3) is 0 Å². The van der Waals surface area contributed by atoms with Crippen molar-refractivity contribution in [1.82, 2.24) is 0 Å². The number of allylic oxidation sites excluding steroid dienone is 2. The number of aliphatic carboxylic acids is 1. The molecule has 0 radical (unpaired) electrons. The molecule has 1 aliphatic carbocycles. The molecule has 1 rings (SSSR count). The number of unbranched alkanes of at least 4 members (excludes halogenated alkanes) is 2. The average molecular weight is 497 g/mol. The first-order chi connectivity index (χ1) is 15.7. The van der Waals surface area contributed by atoms with Crippen molar-refractivity contribution in [2.45, 2.75) is 129 Å². The predicted molar refractivity (Wildman–Crippen MR) is 143 cm³/mol. The van der Waals surface area contributed by atoms with Crippen molar-refractivity contribution in [3.8, 4) is 0 Å². The smallest absolute Gasteiger partial charge is 0.303 e. The quantitative estimate of drug-likeness (QED) is 0.133. The molecule has 5 atom stereocenters. The summed E-state index contributed by atoms with van der Waals surface area (Å²) in [5.41, 5.74) is 0. The topological polar surface area (TPSA) is 87.0 Å². The molecule has 0 aromatic heterocycles. The average Bonchev–Trinajstić information content (AvgIpc) is 2.98. The zero-order chi connectivity index (χ0) is 25.9. The SMILES string of the molecule is CC(C)CCCCC(O)/C=C/[C@@H]1[C@@H](C/C=C\CCCC(=O)O)[C@@H](O)C[C@H]1O[Si](C)(C)C(C)(C)C. The van der Waals surface area contributed by atoms with E-state index in [1.54, 1.807) is 0 Å². The van der Waals surface area contributed by atoms with E-state index in [2.05, 4.69) is 59.9 Å². The molecule has 0 spiro atoms. The number of carboxylic acid groups (broad SMARTS) is 1. The van der Waals surface area contributed by atoms with E-state index in [4.69, 9.17) is 9.53 Å². The predicted octanol–water partition coefficient (Wildman–Crippen LogP) is 6.71. The van der Waals surface area contributed by atoms with E-state index in [0.717, 1.165) is 32.1 Å². The van der Waals surface area contributed by atoms with E-state index < -0.39 is 26.5 Å².